The van der Waals surface area contributed by atoms with Gasteiger partial charge in [-0.05, 0) is 41.2 Å². The van der Waals surface area contributed by atoms with E-state index in [1.54, 1.807) is 12.1 Å². The van der Waals surface area contributed by atoms with Crippen molar-refractivity contribution in [1.82, 2.24) is 0 Å². The van der Waals surface area contributed by atoms with E-state index in [1.807, 2.05) is 109 Å². The SMILES string of the molecule is CC(C)CCCCCO[C@@H]1O[C@H](COCc2ccccc2)[C@@H](OCc2ccccc2)[C@H](OCc2ccccc2)[C@H]1OC(=O)c1ccccc1. The molecular formula is C42H50O7. The van der Waals surface area contributed by atoms with Crippen LogP contribution < -0.4 is 0 Å². The lowest BCUT2D eigenvalue weighted by Gasteiger charge is -2.45. The summed E-state index contributed by atoms with van der Waals surface area (Å²) in [5, 5.41) is 0. The second kappa shape index (κ2) is 20.0. The zero-order valence-corrected chi connectivity index (χ0v) is 28.7. The first kappa shape index (κ1) is 36.4. The van der Waals surface area contributed by atoms with Gasteiger partial charge in [-0.2, -0.15) is 0 Å². The maximum Gasteiger partial charge on any atom is 0.338 e. The first-order valence-corrected chi connectivity index (χ1v) is 17.5. The van der Waals surface area contributed by atoms with Crippen molar-refractivity contribution in [3.63, 3.8) is 0 Å². The number of carbonyl (C=O) groups is 1. The van der Waals surface area contributed by atoms with Crippen LogP contribution in [0.5, 0.6) is 0 Å². The van der Waals surface area contributed by atoms with Crippen molar-refractivity contribution < 1.29 is 33.2 Å². The molecule has 260 valence electrons. The monoisotopic (exact) mass is 666 g/mol. The molecule has 0 radical (unpaired) electrons. The van der Waals surface area contributed by atoms with Crippen LogP contribution in [-0.4, -0.2) is 49.9 Å². The smallest absolute Gasteiger partial charge is 0.338 e. The second-order valence-corrected chi connectivity index (χ2v) is 12.9. The number of unbranched alkanes of at least 4 members (excludes halogenated alkanes) is 2. The lowest BCUT2D eigenvalue weighted by Crippen LogP contribution is -2.62. The van der Waals surface area contributed by atoms with Gasteiger partial charge in [-0.1, -0.05) is 142 Å². The summed E-state index contributed by atoms with van der Waals surface area (Å²) in [5.41, 5.74) is 3.49. The van der Waals surface area contributed by atoms with Crippen LogP contribution in [0, 0.1) is 5.92 Å². The Hall–Kier alpha value is -3.85. The largest absolute Gasteiger partial charge is 0.450 e. The number of esters is 1. The summed E-state index contributed by atoms with van der Waals surface area (Å²) >= 11 is 0. The Kier molecular flexibility index (Phi) is 14.9. The molecule has 1 aliphatic heterocycles. The molecular weight excluding hydrogens is 616 g/mol. The van der Waals surface area contributed by atoms with Crippen molar-refractivity contribution in [1.29, 1.82) is 0 Å². The fourth-order valence-corrected chi connectivity index (χ4v) is 5.86. The summed E-state index contributed by atoms with van der Waals surface area (Å²) in [5.74, 6) is 0.185. The molecule has 5 atom stereocenters. The molecule has 7 heteroatoms. The number of hydrogen-bond acceptors (Lipinski definition) is 7. The molecule has 0 aliphatic carbocycles. The molecule has 0 amide bonds. The summed E-state index contributed by atoms with van der Waals surface area (Å²) < 4.78 is 39.0. The van der Waals surface area contributed by atoms with Gasteiger partial charge in [0.15, 0.2) is 12.4 Å². The van der Waals surface area contributed by atoms with E-state index in [9.17, 15) is 4.79 Å². The van der Waals surface area contributed by atoms with Gasteiger partial charge in [0.1, 0.15) is 18.3 Å². The minimum Gasteiger partial charge on any atom is -0.450 e. The van der Waals surface area contributed by atoms with Crippen LogP contribution in [0.3, 0.4) is 0 Å². The lowest BCUT2D eigenvalue weighted by atomic mass is 9.97. The summed E-state index contributed by atoms with van der Waals surface area (Å²) in [6, 6.07) is 38.9. The minimum absolute atomic E-state index is 0.229. The number of carbonyl (C=O) groups excluding carboxylic acids is 1. The predicted octanol–water partition coefficient (Wildman–Crippen LogP) is 8.56. The van der Waals surface area contributed by atoms with E-state index >= 15 is 0 Å². The fourth-order valence-electron chi connectivity index (χ4n) is 5.86. The Morgan fingerprint density at radius 1 is 0.612 bits per heavy atom. The van der Waals surface area contributed by atoms with Crippen molar-refractivity contribution in [2.24, 2.45) is 5.92 Å². The molecule has 0 saturated carbocycles. The third kappa shape index (κ3) is 11.9. The fraction of sp³-hybridized carbons (Fsp3) is 0.405. The molecule has 4 aromatic rings. The summed E-state index contributed by atoms with van der Waals surface area (Å²) in [4.78, 5) is 13.6. The Balaban J connectivity index is 1.42. The van der Waals surface area contributed by atoms with Gasteiger partial charge in [0.25, 0.3) is 0 Å². The van der Waals surface area contributed by atoms with E-state index in [0.29, 0.717) is 31.3 Å². The van der Waals surface area contributed by atoms with E-state index in [0.717, 1.165) is 36.0 Å². The van der Waals surface area contributed by atoms with Crippen LogP contribution >= 0.6 is 0 Å². The van der Waals surface area contributed by atoms with Crippen molar-refractivity contribution in [3.8, 4) is 0 Å². The highest BCUT2D eigenvalue weighted by atomic mass is 16.7. The molecule has 0 bridgehead atoms. The van der Waals surface area contributed by atoms with E-state index < -0.39 is 36.7 Å². The zero-order chi connectivity index (χ0) is 34.1. The molecule has 1 aliphatic rings. The molecule has 0 unspecified atom stereocenters. The number of rotatable bonds is 19. The minimum atomic E-state index is -0.904. The predicted molar refractivity (Wildman–Crippen MR) is 190 cm³/mol. The Bertz CT molecular complexity index is 1470. The Labute approximate surface area is 291 Å². The summed E-state index contributed by atoms with van der Waals surface area (Å²) in [7, 11) is 0. The van der Waals surface area contributed by atoms with Gasteiger partial charge in [0.2, 0.25) is 0 Å². The van der Waals surface area contributed by atoms with Gasteiger partial charge in [-0.3, -0.25) is 0 Å². The van der Waals surface area contributed by atoms with Crippen molar-refractivity contribution >= 4 is 5.97 Å². The van der Waals surface area contributed by atoms with Crippen LogP contribution in [-0.2, 0) is 48.2 Å². The number of benzene rings is 4. The molecule has 49 heavy (non-hydrogen) atoms. The summed E-state index contributed by atoms with van der Waals surface area (Å²) in [6.07, 6.45) is 0.496. The van der Waals surface area contributed by atoms with Gasteiger partial charge in [0.05, 0.1) is 32.0 Å². The van der Waals surface area contributed by atoms with E-state index in [-0.39, 0.29) is 13.2 Å². The maximum atomic E-state index is 13.6. The van der Waals surface area contributed by atoms with Gasteiger partial charge in [0, 0.05) is 6.61 Å². The number of hydrogen-bond donors (Lipinski definition) is 0. The first-order chi connectivity index (χ1) is 24.1. The highest BCUT2D eigenvalue weighted by Gasteiger charge is 2.50. The van der Waals surface area contributed by atoms with Crippen LogP contribution in [0.15, 0.2) is 121 Å². The number of ether oxygens (including phenoxy) is 6. The molecule has 0 spiro atoms. The van der Waals surface area contributed by atoms with Gasteiger partial charge in [-0.25, -0.2) is 4.79 Å². The molecule has 1 saturated heterocycles. The molecule has 0 aromatic heterocycles. The molecule has 7 nitrogen and oxygen atoms in total. The van der Waals surface area contributed by atoms with Crippen LogP contribution in [0.4, 0.5) is 0 Å². The third-order valence-corrected chi connectivity index (χ3v) is 8.52. The zero-order valence-electron chi connectivity index (χ0n) is 28.7. The highest BCUT2D eigenvalue weighted by Crippen LogP contribution is 2.32. The normalized spacial score (nSPS) is 20.7. The molecule has 1 heterocycles. The highest BCUT2D eigenvalue weighted by molar-refractivity contribution is 5.89. The average Bonchev–Trinajstić information content (AvgIpc) is 3.14. The van der Waals surface area contributed by atoms with Crippen LogP contribution in [0.1, 0.15) is 66.6 Å². The lowest BCUT2D eigenvalue weighted by molar-refractivity contribution is -0.318. The standard InChI is InChI=1S/C42H50O7/c1-32(2)18-8-7-17-27-45-42-40(49-41(43)36-25-15-6-16-26-36)39(47-30-35-23-13-5-14-24-35)38(46-29-34-21-11-4-12-22-34)37(48-42)31-44-28-33-19-9-3-10-20-33/h3-6,9-16,19-26,32,37-40,42H,7-8,17-18,27-31H2,1-2H3/t37-,38-,39+,40-,42-/m1/s1. The van der Waals surface area contributed by atoms with Gasteiger partial charge in [-0.15, -0.1) is 0 Å². The molecule has 5 rings (SSSR count). The van der Waals surface area contributed by atoms with Crippen LogP contribution in [0.2, 0.25) is 0 Å². The van der Waals surface area contributed by atoms with E-state index in [1.165, 1.54) is 6.42 Å². The van der Waals surface area contributed by atoms with Crippen LogP contribution in [0.25, 0.3) is 0 Å². The van der Waals surface area contributed by atoms with Gasteiger partial charge >= 0.3 is 5.97 Å². The van der Waals surface area contributed by atoms with Crippen molar-refractivity contribution in [2.75, 3.05) is 13.2 Å². The third-order valence-electron chi connectivity index (χ3n) is 8.52. The average molecular weight is 667 g/mol. The Morgan fingerprint density at radius 3 is 1.71 bits per heavy atom. The maximum absolute atomic E-state index is 13.6. The Morgan fingerprint density at radius 2 is 1.14 bits per heavy atom. The quantitative estimate of drug-likeness (QED) is 0.0734. The summed E-state index contributed by atoms with van der Waals surface area (Å²) in [6.45, 7) is 6.18. The molecule has 0 N–H and O–H groups in total. The van der Waals surface area contributed by atoms with Gasteiger partial charge < -0.3 is 28.4 Å². The topological polar surface area (TPSA) is 72.5 Å². The van der Waals surface area contributed by atoms with Crippen molar-refractivity contribution in [3.05, 3.63) is 144 Å². The molecule has 1 fully saturated rings. The second-order valence-electron chi connectivity index (χ2n) is 12.9. The first-order valence-electron chi connectivity index (χ1n) is 17.5. The van der Waals surface area contributed by atoms with E-state index in [4.69, 9.17) is 28.4 Å². The van der Waals surface area contributed by atoms with Crippen molar-refractivity contribution in [2.45, 2.75) is 90.1 Å². The van der Waals surface area contributed by atoms with E-state index in [2.05, 4.69) is 13.8 Å². The molecule has 4 aromatic carbocycles.